The van der Waals surface area contributed by atoms with Crippen LogP contribution in [0.25, 0.3) is 0 Å². The number of amides is 1. The maximum absolute atomic E-state index is 12.6. The predicted molar refractivity (Wildman–Crippen MR) is 82.4 cm³/mol. The second-order valence-corrected chi connectivity index (χ2v) is 6.16. The highest BCUT2D eigenvalue weighted by Gasteiger charge is 2.34. The molecule has 0 aromatic heterocycles. The van der Waals surface area contributed by atoms with Gasteiger partial charge in [0, 0.05) is 25.6 Å². The summed E-state index contributed by atoms with van der Waals surface area (Å²) in [4.78, 5) is 14.6. The maximum atomic E-state index is 12.6. The Morgan fingerprint density at radius 1 is 1.24 bits per heavy atom. The first kappa shape index (κ1) is 14.4. The number of rotatable bonds is 3. The lowest BCUT2D eigenvalue weighted by Crippen LogP contribution is -2.47. The second-order valence-electron chi connectivity index (χ2n) is 6.16. The fourth-order valence-corrected chi connectivity index (χ4v) is 3.48. The van der Waals surface area contributed by atoms with E-state index in [4.69, 9.17) is 4.74 Å². The van der Waals surface area contributed by atoms with Gasteiger partial charge in [-0.3, -0.25) is 4.79 Å². The number of likely N-dealkylation sites (N-methyl/N-ethyl adjacent to an activating group) is 1. The third-order valence-corrected chi connectivity index (χ3v) is 4.92. The third-order valence-electron chi connectivity index (χ3n) is 4.92. The highest BCUT2D eigenvalue weighted by molar-refractivity contribution is 5.82. The molecule has 1 amide bonds. The Bertz CT molecular complexity index is 484. The van der Waals surface area contributed by atoms with Crippen molar-refractivity contribution in [3.8, 4) is 5.75 Å². The second kappa shape index (κ2) is 6.06. The van der Waals surface area contributed by atoms with Crippen LogP contribution in [0.2, 0.25) is 0 Å². The SMILES string of the molecule is CNC1CCC(N(C)C(=O)C2Cc3ccccc3O2)CC1. The van der Waals surface area contributed by atoms with Gasteiger partial charge in [0.15, 0.2) is 6.10 Å². The van der Waals surface area contributed by atoms with Gasteiger partial charge in [0.25, 0.3) is 5.91 Å². The van der Waals surface area contributed by atoms with E-state index in [0.717, 1.165) is 37.0 Å². The minimum Gasteiger partial charge on any atom is -0.480 e. The number of hydrogen-bond acceptors (Lipinski definition) is 3. The van der Waals surface area contributed by atoms with Crippen molar-refractivity contribution in [3.05, 3.63) is 29.8 Å². The van der Waals surface area contributed by atoms with Crippen LogP contribution in [-0.4, -0.2) is 43.1 Å². The van der Waals surface area contributed by atoms with Crippen molar-refractivity contribution in [3.63, 3.8) is 0 Å². The van der Waals surface area contributed by atoms with Gasteiger partial charge in [-0.1, -0.05) is 18.2 Å². The largest absolute Gasteiger partial charge is 0.480 e. The van der Waals surface area contributed by atoms with Crippen molar-refractivity contribution in [2.75, 3.05) is 14.1 Å². The molecular weight excluding hydrogens is 264 g/mol. The minimum absolute atomic E-state index is 0.124. The van der Waals surface area contributed by atoms with Gasteiger partial charge in [-0.15, -0.1) is 0 Å². The van der Waals surface area contributed by atoms with Crippen LogP contribution in [-0.2, 0) is 11.2 Å². The molecule has 1 aliphatic carbocycles. The third kappa shape index (κ3) is 2.91. The summed E-state index contributed by atoms with van der Waals surface area (Å²) in [6.45, 7) is 0. The highest BCUT2D eigenvalue weighted by atomic mass is 16.5. The van der Waals surface area contributed by atoms with E-state index in [0.29, 0.717) is 18.5 Å². The maximum Gasteiger partial charge on any atom is 0.263 e. The van der Waals surface area contributed by atoms with Crippen molar-refractivity contribution in [2.24, 2.45) is 0 Å². The zero-order chi connectivity index (χ0) is 14.8. The van der Waals surface area contributed by atoms with E-state index in [1.807, 2.05) is 43.3 Å². The normalized spacial score (nSPS) is 27.8. The van der Waals surface area contributed by atoms with Crippen LogP contribution in [0.3, 0.4) is 0 Å². The molecule has 0 spiro atoms. The molecule has 0 bridgehead atoms. The quantitative estimate of drug-likeness (QED) is 0.924. The minimum atomic E-state index is -0.338. The van der Waals surface area contributed by atoms with Crippen LogP contribution in [0.15, 0.2) is 24.3 Å². The Labute approximate surface area is 126 Å². The van der Waals surface area contributed by atoms with Crippen molar-refractivity contribution in [1.82, 2.24) is 10.2 Å². The average molecular weight is 288 g/mol. The van der Waals surface area contributed by atoms with Crippen LogP contribution in [0, 0.1) is 0 Å². The summed E-state index contributed by atoms with van der Waals surface area (Å²) in [7, 11) is 3.95. The number of benzene rings is 1. The summed E-state index contributed by atoms with van der Waals surface area (Å²) < 4.78 is 5.82. The molecule has 4 heteroatoms. The Hall–Kier alpha value is -1.55. The number of nitrogens with zero attached hydrogens (tertiary/aromatic N) is 1. The number of nitrogens with one attached hydrogen (secondary N) is 1. The molecule has 4 nitrogen and oxygen atoms in total. The Balaban J connectivity index is 1.59. The molecule has 1 aromatic rings. The molecule has 1 aliphatic heterocycles. The van der Waals surface area contributed by atoms with Gasteiger partial charge >= 0.3 is 0 Å². The number of hydrogen-bond donors (Lipinski definition) is 1. The summed E-state index contributed by atoms with van der Waals surface area (Å²) in [5.74, 6) is 0.988. The molecule has 114 valence electrons. The van der Waals surface area contributed by atoms with E-state index >= 15 is 0 Å². The number of fused-ring (bicyclic) bond motifs is 1. The van der Waals surface area contributed by atoms with Gasteiger partial charge in [0.05, 0.1) is 0 Å². The van der Waals surface area contributed by atoms with Gasteiger partial charge in [-0.05, 0) is 44.4 Å². The van der Waals surface area contributed by atoms with E-state index in [9.17, 15) is 4.79 Å². The van der Waals surface area contributed by atoms with Crippen LogP contribution in [0.5, 0.6) is 5.75 Å². The molecule has 1 unspecified atom stereocenters. The molecule has 3 rings (SSSR count). The van der Waals surface area contributed by atoms with Gasteiger partial charge in [0.1, 0.15) is 5.75 Å². The van der Waals surface area contributed by atoms with Crippen molar-refractivity contribution in [1.29, 1.82) is 0 Å². The molecule has 0 radical (unpaired) electrons. The monoisotopic (exact) mass is 288 g/mol. The summed E-state index contributed by atoms with van der Waals surface area (Å²) in [5.41, 5.74) is 1.14. The van der Waals surface area contributed by atoms with E-state index in [-0.39, 0.29) is 12.0 Å². The summed E-state index contributed by atoms with van der Waals surface area (Å²) in [5, 5.41) is 3.33. The van der Waals surface area contributed by atoms with Gasteiger partial charge in [0.2, 0.25) is 0 Å². The van der Waals surface area contributed by atoms with E-state index in [2.05, 4.69) is 5.32 Å². The van der Waals surface area contributed by atoms with Crippen LogP contribution >= 0.6 is 0 Å². The standard InChI is InChI=1S/C17H24N2O2/c1-18-13-7-9-14(10-8-13)19(2)17(20)16-11-12-5-3-4-6-15(12)21-16/h3-6,13-14,16,18H,7-11H2,1-2H3. The fraction of sp³-hybridized carbons (Fsp3) is 0.588. The summed E-state index contributed by atoms with van der Waals surface area (Å²) in [6, 6.07) is 8.90. The lowest BCUT2D eigenvalue weighted by Gasteiger charge is -2.35. The smallest absolute Gasteiger partial charge is 0.263 e. The van der Waals surface area contributed by atoms with Gasteiger partial charge in [-0.25, -0.2) is 0 Å². The lowest BCUT2D eigenvalue weighted by molar-refractivity contribution is -0.139. The molecule has 1 heterocycles. The topological polar surface area (TPSA) is 41.6 Å². The van der Waals surface area contributed by atoms with E-state index in [1.165, 1.54) is 0 Å². The van der Waals surface area contributed by atoms with Crippen LogP contribution < -0.4 is 10.1 Å². The molecule has 1 aromatic carbocycles. The Morgan fingerprint density at radius 2 is 1.95 bits per heavy atom. The number of ether oxygens (including phenoxy) is 1. The average Bonchev–Trinajstić information content (AvgIpc) is 2.97. The fourth-order valence-electron chi connectivity index (χ4n) is 3.48. The van der Waals surface area contributed by atoms with E-state index in [1.54, 1.807) is 0 Å². The molecule has 1 saturated carbocycles. The Kier molecular flexibility index (Phi) is 4.15. The predicted octanol–water partition coefficient (Wildman–Crippen LogP) is 1.98. The zero-order valence-electron chi connectivity index (χ0n) is 12.8. The van der Waals surface area contributed by atoms with Gasteiger partial charge < -0.3 is 15.0 Å². The van der Waals surface area contributed by atoms with Crippen molar-refractivity contribution < 1.29 is 9.53 Å². The summed E-state index contributed by atoms with van der Waals surface area (Å²) in [6.07, 6.45) is 4.80. The summed E-state index contributed by atoms with van der Waals surface area (Å²) >= 11 is 0. The molecule has 0 saturated heterocycles. The zero-order valence-corrected chi connectivity index (χ0v) is 12.8. The number of carbonyl (C=O) groups is 1. The first-order valence-electron chi connectivity index (χ1n) is 7.87. The molecule has 1 N–H and O–H groups in total. The number of para-hydroxylation sites is 1. The van der Waals surface area contributed by atoms with Crippen LogP contribution in [0.4, 0.5) is 0 Å². The molecular formula is C17H24N2O2. The molecule has 1 fully saturated rings. The molecule has 2 aliphatic rings. The van der Waals surface area contributed by atoms with Crippen molar-refractivity contribution >= 4 is 5.91 Å². The molecule has 1 atom stereocenters. The molecule has 21 heavy (non-hydrogen) atoms. The van der Waals surface area contributed by atoms with Crippen molar-refractivity contribution in [2.45, 2.75) is 50.3 Å². The first-order chi connectivity index (χ1) is 10.2. The van der Waals surface area contributed by atoms with Crippen LogP contribution in [0.1, 0.15) is 31.2 Å². The number of carbonyl (C=O) groups excluding carboxylic acids is 1. The van der Waals surface area contributed by atoms with E-state index < -0.39 is 0 Å². The lowest BCUT2D eigenvalue weighted by atomic mass is 9.90. The first-order valence-corrected chi connectivity index (χ1v) is 7.87. The van der Waals surface area contributed by atoms with Gasteiger partial charge in [-0.2, -0.15) is 0 Å². The Morgan fingerprint density at radius 3 is 2.62 bits per heavy atom. The highest BCUT2D eigenvalue weighted by Crippen LogP contribution is 2.30.